The van der Waals surface area contributed by atoms with E-state index in [0.29, 0.717) is 11.2 Å². The van der Waals surface area contributed by atoms with Gasteiger partial charge in [0, 0.05) is 41.0 Å². The van der Waals surface area contributed by atoms with Crippen molar-refractivity contribution in [2.45, 2.75) is 56.9 Å². The number of hydrogen-bond acceptors (Lipinski definition) is 6. The second kappa shape index (κ2) is 9.83. The highest BCUT2D eigenvalue weighted by molar-refractivity contribution is 7.89. The number of nitrogen functional groups attached to an aromatic ring is 1. The minimum atomic E-state index is -3.81. The number of aromatic nitrogens is 4. The Labute approximate surface area is 210 Å². The van der Waals surface area contributed by atoms with Gasteiger partial charge in [-0.2, -0.15) is 0 Å². The summed E-state index contributed by atoms with van der Waals surface area (Å²) in [6, 6.07) is 14.9. The number of sulfonamides is 1. The summed E-state index contributed by atoms with van der Waals surface area (Å²) in [5.74, 6) is 1.50. The van der Waals surface area contributed by atoms with Crippen LogP contribution < -0.4 is 10.9 Å². The predicted octanol–water partition coefficient (Wildman–Crippen LogP) is 4.73. The molecule has 0 amide bonds. The van der Waals surface area contributed by atoms with E-state index in [1.54, 1.807) is 18.3 Å². The molecule has 4 N–H and O–H groups in total. The number of para-hydroxylation sites is 1. The van der Waals surface area contributed by atoms with Crippen molar-refractivity contribution in [1.82, 2.24) is 19.5 Å². The van der Waals surface area contributed by atoms with Crippen molar-refractivity contribution in [3.63, 3.8) is 0 Å². The SMILES string of the molecule is CCCCc1nc2c(N)nc3ccccc3c2n1CCCCc1nccc2c(S(N)(=O)=O)cccc12. The third-order valence-corrected chi connectivity index (χ3v) is 7.61. The monoisotopic (exact) mass is 502 g/mol. The quantitative estimate of drug-likeness (QED) is 0.280. The van der Waals surface area contributed by atoms with E-state index in [1.807, 2.05) is 24.3 Å². The number of imidazole rings is 1. The number of hydrogen-bond donors (Lipinski definition) is 2. The first-order chi connectivity index (χ1) is 17.4. The maximum atomic E-state index is 12.0. The molecule has 186 valence electrons. The first-order valence-electron chi connectivity index (χ1n) is 12.3. The molecule has 36 heavy (non-hydrogen) atoms. The molecule has 0 radical (unpaired) electrons. The molecule has 0 spiro atoms. The Kier molecular flexibility index (Phi) is 6.59. The Bertz CT molecular complexity index is 1680. The highest BCUT2D eigenvalue weighted by Gasteiger charge is 2.17. The molecule has 0 aliphatic heterocycles. The highest BCUT2D eigenvalue weighted by atomic mass is 32.2. The zero-order valence-electron chi connectivity index (χ0n) is 20.3. The van der Waals surface area contributed by atoms with Crippen LogP contribution in [0.4, 0.5) is 5.82 Å². The van der Waals surface area contributed by atoms with Gasteiger partial charge in [0.1, 0.15) is 11.3 Å². The van der Waals surface area contributed by atoms with Gasteiger partial charge in [-0.15, -0.1) is 0 Å². The topological polar surface area (TPSA) is 130 Å². The minimum absolute atomic E-state index is 0.132. The van der Waals surface area contributed by atoms with E-state index in [9.17, 15) is 8.42 Å². The van der Waals surface area contributed by atoms with Crippen LogP contribution in [0.25, 0.3) is 32.7 Å². The van der Waals surface area contributed by atoms with Gasteiger partial charge in [0.15, 0.2) is 5.82 Å². The summed E-state index contributed by atoms with van der Waals surface area (Å²) in [6.07, 6.45) is 7.21. The Morgan fingerprint density at radius 2 is 1.69 bits per heavy atom. The standard InChI is InChI=1S/C27H30N6O2S/c1-2-3-14-24-32-25-26(20-9-4-5-12-22(20)31-27(25)28)33(24)17-7-6-11-21-18-10-8-13-23(36(29,34)35)19(18)15-16-30-21/h4-5,8-10,12-13,15-16H,2-3,6-7,11,14,17H2,1H3,(H2,28,31)(H2,29,34,35). The lowest BCUT2D eigenvalue weighted by atomic mass is 10.1. The van der Waals surface area contributed by atoms with E-state index < -0.39 is 10.0 Å². The van der Waals surface area contributed by atoms with Gasteiger partial charge in [-0.3, -0.25) is 4.98 Å². The van der Waals surface area contributed by atoms with Gasteiger partial charge in [-0.25, -0.2) is 23.5 Å². The molecule has 3 heterocycles. The van der Waals surface area contributed by atoms with Crippen LogP contribution in [0.1, 0.15) is 44.1 Å². The number of unbranched alkanes of at least 4 members (excludes halogenated alkanes) is 2. The Hall–Kier alpha value is -3.56. The van der Waals surface area contributed by atoms with Gasteiger partial charge in [-0.05, 0) is 43.9 Å². The van der Waals surface area contributed by atoms with Crippen molar-refractivity contribution >= 4 is 48.5 Å². The lowest BCUT2D eigenvalue weighted by Crippen LogP contribution is -2.12. The summed E-state index contributed by atoms with van der Waals surface area (Å²) < 4.78 is 26.3. The Morgan fingerprint density at radius 1 is 0.889 bits per heavy atom. The van der Waals surface area contributed by atoms with Gasteiger partial charge in [-0.1, -0.05) is 43.7 Å². The van der Waals surface area contributed by atoms with Gasteiger partial charge in [0.2, 0.25) is 10.0 Å². The number of fused-ring (bicyclic) bond motifs is 4. The fourth-order valence-corrected chi connectivity index (χ4v) is 5.67. The van der Waals surface area contributed by atoms with Gasteiger partial charge in [0.25, 0.3) is 0 Å². The normalized spacial score (nSPS) is 12.2. The van der Waals surface area contributed by atoms with Crippen LogP contribution in [0.5, 0.6) is 0 Å². The third kappa shape index (κ3) is 4.52. The number of nitrogens with zero attached hydrogens (tertiary/aromatic N) is 4. The molecule has 3 aromatic heterocycles. The van der Waals surface area contributed by atoms with E-state index in [0.717, 1.165) is 83.9 Å². The van der Waals surface area contributed by atoms with Crippen LogP contribution in [-0.2, 0) is 29.4 Å². The van der Waals surface area contributed by atoms with Crippen molar-refractivity contribution in [2.24, 2.45) is 5.14 Å². The van der Waals surface area contributed by atoms with Crippen LogP contribution in [0, 0.1) is 0 Å². The molecule has 0 aliphatic carbocycles. The molecule has 5 aromatic rings. The van der Waals surface area contributed by atoms with E-state index in [4.69, 9.17) is 15.9 Å². The molecule has 2 aromatic carbocycles. The first-order valence-corrected chi connectivity index (χ1v) is 13.9. The van der Waals surface area contributed by atoms with E-state index in [-0.39, 0.29) is 4.90 Å². The molecular weight excluding hydrogens is 472 g/mol. The molecule has 0 atom stereocenters. The lowest BCUT2D eigenvalue weighted by molar-refractivity contribution is 0.587. The average molecular weight is 503 g/mol. The van der Waals surface area contributed by atoms with Crippen molar-refractivity contribution in [2.75, 3.05) is 5.73 Å². The van der Waals surface area contributed by atoms with Gasteiger partial charge >= 0.3 is 0 Å². The molecule has 0 saturated carbocycles. The summed E-state index contributed by atoms with van der Waals surface area (Å²) >= 11 is 0. The average Bonchev–Trinajstić information content (AvgIpc) is 3.23. The van der Waals surface area contributed by atoms with Crippen LogP contribution in [0.2, 0.25) is 0 Å². The van der Waals surface area contributed by atoms with Gasteiger partial charge < -0.3 is 10.3 Å². The third-order valence-electron chi connectivity index (χ3n) is 6.64. The van der Waals surface area contributed by atoms with Gasteiger partial charge in [0.05, 0.1) is 15.9 Å². The van der Waals surface area contributed by atoms with Crippen LogP contribution >= 0.6 is 0 Å². The molecule has 9 heteroatoms. The number of aryl methyl sites for hydroxylation is 3. The summed E-state index contributed by atoms with van der Waals surface area (Å²) in [5.41, 5.74) is 9.87. The maximum Gasteiger partial charge on any atom is 0.238 e. The summed E-state index contributed by atoms with van der Waals surface area (Å²) in [4.78, 5) is 14.2. The Balaban J connectivity index is 1.43. The number of primary sulfonamides is 1. The maximum absolute atomic E-state index is 12.0. The van der Waals surface area contributed by atoms with Crippen LogP contribution in [0.15, 0.2) is 59.6 Å². The van der Waals surface area contributed by atoms with Crippen molar-refractivity contribution in [1.29, 1.82) is 0 Å². The molecule has 5 rings (SSSR count). The molecule has 8 nitrogen and oxygen atoms in total. The second-order valence-corrected chi connectivity index (χ2v) is 10.6. The van der Waals surface area contributed by atoms with Crippen molar-refractivity contribution in [3.8, 4) is 0 Å². The molecule has 0 unspecified atom stereocenters. The zero-order valence-corrected chi connectivity index (χ0v) is 21.1. The number of anilines is 1. The Morgan fingerprint density at radius 3 is 2.50 bits per heavy atom. The fraction of sp³-hybridized carbons (Fsp3) is 0.296. The summed E-state index contributed by atoms with van der Waals surface area (Å²) in [5, 5.41) is 7.92. The predicted molar refractivity (Wildman–Crippen MR) is 144 cm³/mol. The number of rotatable bonds is 9. The number of benzene rings is 2. The summed E-state index contributed by atoms with van der Waals surface area (Å²) in [6.45, 7) is 2.98. The first kappa shape index (κ1) is 24.1. The van der Waals surface area contributed by atoms with Crippen molar-refractivity contribution in [3.05, 3.63) is 66.2 Å². The number of pyridine rings is 2. The number of nitrogens with two attached hydrogens (primary N) is 2. The summed E-state index contributed by atoms with van der Waals surface area (Å²) in [7, 11) is -3.81. The minimum Gasteiger partial charge on any atom is -0.382 e. The smallest absolute Gasteiger partial charge is 0.238 e. The zero-order chi connectivity index (χ0) is 25.3. The van der Waals surface area contributed by atoms with Crippen LogP contribution in [0.3, 0.4) is 0 Å². The van der Waals surface area contributed by atoms with E-state index >= 15 is 0 Å². The highest BCUT2D eigenvalue weighted by Crippen LogP contribution is 2.30. The lowest BCUT2D eigenvalue weighted by Gasteiger charge is -2.12. The molecular formula is C27H30N6O2S. The second-order valence-electron chi connectivity index (χ2n) is 9.11. The largest absolute Gasteiger partial charge is 0.382 e. The van der Waals surface area contributed by atoms with E-state index in [2.05, 4.69) is 27.5 Å². The molecule has 0 aliphatic rings. The fourth-order valence-electron chi connectivity index (χ4n) is 4.92. The van der Waals surface area contributed by atoms with E-state index in [1.165, 1.54) is 6.07 Å². The molecule has 0 saturated heterocycles. The molecule has 0 bridgehead atoms. The molecule has 0 fully saturated rings. The van der Waals surface area contributed by atoms with Crippen molar-refractivity contribution < 1.29 is 8.42 Å². The van der Waals surface area contributed by atoms with Crippen LogP contribution in [-0.4, -0.2) is 27.9 Å².